The molecule has 1 heterocycles. The molecule has 0 aromatic carbocycles. The van der Waals surface area contributed by atoms with Crippen molar-refractivity contribution in [1.29, 1.82) is 0 Å². The molecule has 4 aliphatic carbocycles. The third-order valence-corrected chi connectivity index (χ3v) is 7.68. The van der Waals surface area contributed by atoms with Gasteiger partial charge < -0.3 is 10.2 Å². The van der Waals surface area contributed by atoms with Crippen LogP contribution in [-0.4, -0.2) is 37.0 Å². The zero-order valence-corrected chi connectivity index (χ0v) is 16.1. The highest BCUT2D eigenvalue weighted by Crippen LogP contribution is 2.56. The fraction of sp³-hybridized carbons (Fsp3) is 0.955. The van der Waals surface area contributed by atoms with E-state index in [-0.39, 0.29) is 0 Å². The third-order valence-electron chi connectivity index (χ3n) is 7.68. The van der Waals surface area contributed by atoms with E-state index in [1.807, 2.05) is 0 Å². The molecule has 5 fully saturated rings. The van der Waals surface area contributed by atoms with Crippen LogP contribution in [0, 0.1) is 29.6 Å². The average molecular weight is 347 g/mol. The molecule has 4 saturated carbocycles. The number of nitrogens with one attached hydrogen (secondary N) is 1. The largest absolute Gasteiger partial charge is 0.356 e. The van der Waals surface area contributed by atoms with Gasteiger partial charge >= 0.3 is 0 Å². The first kappa shape index (κ1) is 17.8. The number of nitrogens with zero attached hydrogens (tertiary/aromatic N) is 1. The summed E-state index contributed by atoms with van der Waals surface area (Å²) in [7, 11) is 0. The second-order valence-electron chi connectivity index (χ2n) is 9.56. The molecule has 1 amide bonds. The van der Waals surface area contributed by atoms with Crippen LogP contribution in [0.3, 0.4) is 0 Å². The highest BCUT2D eigenvalue weighted by Gasteiger charge is 2.50. The molecule has 5 rings (SSSR count). The number of carbonyl (C=O) groups excluding carboxylic acids is 1. The van der Waals surface area contributed by atoms with Crippen LogP contribution in [0.1, 0.15) is 77.0 Å². The second kappa shape index (κ2) is 8.41. The van der Waals surface area contributed by atoms with E-state index in [2.05, 4.69) is 10.2 Å². The quantitative estimate of drug-likeness (QED) is 0.700. The van der Waals surface area contributed by atoms with Gasteiger partial charge in [-0.2, -0.15) is 0 Å². The van der Waals surface area contributed by atoms with Crippen molar-refractivity contribution in [2.45, 2.75) is 77.0 Å². The fourth-order valence-corrected chi connectivity index (χ4v) is 6.68. The van der Waals surface area contributed by atoms with Gasteiger partial charge in [-0.05, 0) is 101 Å². The molecule has 0 aromatic rings. The Morgan fingerprint density at radius 2 is 1.44 bits per heavy atom. The molecule has 3 nitrogen and oxygen atoms in total. The van der Waals surface area contributed by atoms with E-state index in [1.165, 1.54) is 90.3 Å². The maximum Gasteiger partial charge on any atom is 0.223 e. The van der Waals surface area contributed by atoms with E-state index < -0.39 is 0 Å². The minimum absolute atomic E-state index is 0.366. The maximum atomic E-state index is 12.7. The first-order valence-corrected chi connectivity index (χ1v) is 11.3. The lowest BCUT2D eigenvalue weighted by atomic mass is 9.51. The summed E-state index contributed by atoms with van der Waals surface area (Å²) in [6.45, 7) is 4.79. The van der Waals surface area contributed by atoms with E-state index in [0.717, 1.165) is 36.6 Å². The van der Waals surface area contributed by atoms with Crippen LogP contribution in [0.4, 0.5) is 0 Å². The molecule has 25 heavy (non-hydrogen) atoms. The topological polar surface area (TPSA) is 32.3 Å². The van der Waals surface area contributed by atoms with Gasteiger partial charge in [-0.15, -0.1) is 0 Å². The van der Waals surface area contributed by atoms with Crippen LogP contribution < -0.4 is 5.32 Å². The van der Waals surface area contributed by atoms with E-state index in [1.54, 1.807) is 0 Å². The monoisotopic (exact) mass is 346 g/mol. The number of unbranched alkanes of at least 4 members (excludes halogenated alkanes) is 2. The number of likely N-dealkylation sites (tertiary alicyclic amines) is 1. The number of amides is 1. The summed E-state index contributed by atoms with van der Waals surface area (Å²) < 4.78 is 0. The lowest BCUT2D eigenvalue weighted by Gasteiger charge is -2.53. The van der Waals surface area contributed by atoms with Gasteiger partial charge in [0.2, 0.25) is 5.91 Å². The van der Waals surface area contributed by atoms with Crippen molar-refractivity contribution in [3.8, 4) is 0 Å². The molecule has 0 unspecified atom stereocenters. The van der Waals surface area contributed by atoms with Gasteiger partial charge in [0.15, 0.2) is 0 Å². The van der Waals surface area contributed by atoms with Gasteiger partial charge in [0.25, 0.3) is 0 Å². The summed E-state index contributed by atoms with van der Waals surface area (Å²) in [5, 5.41) is 3.31. The summed E-state index contributed by atoms with van der Waals surface area (Å²) in [5.74, 6) is 4.14. The molecule has 1 aliphatic heterocycles. The van der Waals surface area contributed by atoms with Crippen LogP contribution in [-0.2, 0) is 4.79 Å². The lowest BCUT2D eigenvalue weighted by molar-refractivity contribution is -0.138. The molecule has 0 aromatic heterocycles. The second-order valence-corrected chi connectivity index (χ2v) is 9.56. The Morgan fingerprint density at radius 1 is 0.800 bits per heavy atom. The summed E-state index contributed by atoms with van der Waals surface area (Å²) in [4.78, 5) is 15.4. The summed E-state index contributed by atoms with van der Waals surface area (Å²) in [6, 6.07) is 0. The van der Waals surface area contributed by atoms with Crippen molar-refractivity contribution in [2.24, 2.45) is 29.6 Å². The molecule has 1 saturated heterocycles. The normalized spacial score (nSPS) is 37.8. The first-order chi connectivity index (χ1) is 12.3. The standard InChI is InChI=1S/C22H38N2O/c25-22(21-19-13-17-12-18(15-19)16-20(21)14-17)23-8-4-3-7-11-24-9-5-1-2-6-10-24/h17-21H,1-16H2,(H,23,25). The van der Waals surface area contributed by atoms with Crippen molar-refractivity contribution in [3.63, 3.8) is 0 Å². The minimum Gasteiger partial charge on any atom is -0.356 e. The Labute approximate surface area is 154 Å². The van der Waals surface area contributed by atoms with Crippen LogP contribution in [0.15, 0.2) is 0 Å². The first-order valence-electron chi connectivity index (χ1n) is 11.3. The van der Waals surface area contributed by atoms with Gasteiger partial charge in [0.1, 0.15) is 0 Å². The minimum atomic E-state index is 0.366. The van der Waals surface area contributed by atoms with Gasteiger partial charge in [0, 0.05) is 12.5 Å². The molecule has 1 N–H and O–H groups in total. The van der Waals surface area contributed by atoms with E-state index >= 15 is 0 Å². The molecule has 3 heteroatoms. The van der Waals surface area contributed by atoms with Gasteiger partial charge in [-0.3, -0.25) is 4.79 Å². The van der Waals surface area contributed by atoms with Crippen molar-refractivity contribution < 1.29 is 4.79 Å². The Hall–Kier alpha value is -0.570. The van der Waals surface area contributed by atoms with E-state index in [9.17, 15) is 4.79 Å². The molecular weight excluding hydrogens is 308 g/mol. The fourth-order valence-electron chi connectivity index (χ4n) is 6.68. The Bertz CT molecular complexity index is 413. The highest BCUT2D eigenvalue weighted by molar-refractivity contribution is 5.79. The van der Waals surface area contributed by atoms with Crippen molar-refractivity contribution in [3.05, 3.63) is 0 Å². The van der Waals surface area contributed by atoms with Gasteiger partial charge in [-0.1, -0.05) is 19.3 Å². The van der Waals surface area contributed by atoms with E-state index in [0.29, 0.717) is 11.8 Å². The lowest BCUT2D eigenvalue weighted by Crippen LogP contribution is -2.51. The predicted octanol–water partition coefficient (Wildman–Crippen LogP) is 4.22. The molecule has 5 aliphatic rings. The summed E-state index contributed by atoms with van der Waals surface area (Å²) >= 11 is 0. The summed E-state index contributed by atoms with van der Waals surface area (Å²) in [5.41, 5.74) is 0. The van der Waals surface area contributed by atoms with Crippen molar-refractivity contribution in [2.75, 3.05) is 26.2 Å². The Morgan fingerprint density at radius 3 is 2.08 bits per heavy atom. The summed E-state index contributed by atoms with van der Waals surface area (Å²) in [6.07, 6.45) is 16.2. The molecule has 0 atom stereocenters. The van der Waals surface area contributed by atoms with E-state index in [4.69, 9.17) is 0 Å². The number of hydrogen-bond donors (Lipinski definition) is 1. The van der Waals surface area contributed by atoms with Crippen molar-refractivity contribution in [1.82, 2.24) is 10.2 Å². The third kappa shape index (κ3) is 4.40. The van der Waals surface area contributed by atoms with Crippen LogP contribution in [0.2, 0.25) is 0 Å². The zero-order chi connectivity index (χ0) is 17.1. The molecule has 4 bridgehead atoms. The Kier molecular flexibility index (Phi) is 6.00. The Balaban J connectivity index is 1.11. The number of hydrogen-bond acceptors (Lipinski definition) is 2. The molecule has 0 spiro atoms. The van der Waals surface area contributed by atoms with Crippen LogP contribution in [0.25, 0.3) is 0 Å². The van der Waals surface area contributed by atoms with Crippen LogP contribution in [0.5, 0.6) is 0 Å². The molecular formula is C22H38N2O. The SMILES string of the molecule is O=C(NCCCCCN1CCCCCC1)C1C2CC3CC(C2)CC1C3. The molecule has 0 radical (unpaired) electrons. The zero-order valence-electron chi connectivity index (χ0n) is 16.1. The maximum absolute atomic E-state index is 12.7. The smallest absolute Gasteiger partial charge is 0.223 e. The predicted molar refractivity (Wildman–Crippen MR) is 102 cm³/mol. The van der Waals surface area contributed by atoms with Gasteiger partial charge in [-0.25, -0.2) is 0 Å². The van der Waals surface area contributed by atoms with Crippen LogP contribution >= 0.6 is 0 Å². The number of rotatable bonds is 7. The average Bonchev–Trinajstić information content (AvgIpc) is 2.86. The highest BCUT2D eigenvalue weighted by atomic mass is 16.1. The van der Waals surface area contributed by atoms with Crippen molar-refractivity contribution >= 4 is 5.91 Å². The number of carbonyl (C=O) groups is 1. The van der Waals surface area contributed by atoms with Gasteiger partial charge in [0.05, 0.1) is 0 Å². The molecule has 142 valence electrons.